The predicted molar refractivity (Wildman–Crippen MR) is 134 cm³/mol. The molecule has 1 spiro atoms. The summed E-state index contributed by atoms with van der Waals surface area (Å²) in [6.45, 7) is 3.59. The molecule has 3 N–H and O–H groups in total. The van der Waals surface area contributed by atoms with Gasteiger partial charge in [-0.2, -0.15) is 0 Å². The third kappa shape index (κ3) is 4.33. The van der Waals surface area contributed by atoms with Crippen LogP contribution in [0.5, 0.6) is 11.5 Å². The zero-order chi connectivity index (χ0) is 23.9. The Morgan fingerprint density at radius 1 is 1.15 bits per heavy atom. The lowest BCUT2D eigenvalue weighted by atomic mass is 9.88. The lowest BCUT2D eigenvalue weighted by Gasteiger charge is -2.38. The smallest absolute Gasteiger partial charge is 0.166 e. The predicted octanol–water partition coefficient (Wildman–Crippen LogP) is 6.44. The number of nitrogens with one attached hydrogen (secondary N) is 1. The molecular formula is C26H24Cl2FN3O2. The highest BCUT2D eigenvalue weighted by atomic mass is 35.5. The first kappa shape index (κ1) is 23.0. The Balaban J connectivity index is 1.43. The van der Waals surface area contributed by atoms with Crippen molar-refractivity contribution in [2.45, 2.75) is 31.5 Å². The highest BCUT2D eigenvalue weighted by molar-refractivity contribution is 6.36. The van der Waals surface area contributed by atoms with E-state index < -0.39 is 11.9 Å². The van der Waals surface area contributed by atoms with Crippen molar-refractivity contribution in [3.05, 3.63) is 75.7 Å². The van der Waals surface area contributed by atoms with Crippen molar-refractivity contribution >= 4 is 35.1 Å². The van der Waals surface area contributed by atoms with Crippen molar-refractivity contribution in [3.63, 3.8) is 0 Å². The van der Waals surface area contributed by atoms with Gasteiger partial charge in [-0.05, 0) is 55.9 Å². The Morgan fingerprint density at radius 3 is 2.74 bits per heavy atom. The van der Waals surface area contributed by atoms with E-state index in [2.05, 4.69) is 22.5 Å². The molecule has 0 aliphatic carbocycles. The number of fused-ring (bicyclic) bond motifs is 1. The number of nitrogens with zero attached hydrogens (tertiary/aromatic N) is 1. The van der Waals surface area contributed by atoms with Crippen LogP contribution in [0.15, 0.2) is 48.7 Å². The topological polar surface area (TPSA) is 69.4 Å². The number of aromatic nitrogens is 1. The molecule has 0 unspecified atom stereocenters. The summed E-state index contributed by atoms with van der Waals surface area (Å²) in [5, 5.41) is 3.62. The minimum Gasteiger partial charge on any atom is -0.482 e. The van der Waals surface area contributed by atoms with Gasteiger partial charge in [0.25, 0.3) is 0 Å². The Bertz CT molecular complexity index is 1280. The molecule has 176 valence electrons. The number of piperidine rings is 1. The molecule has 8 heteroatoms. The first-order valence-corrected chi connectivity index (χ1v) is 11.9. The van der Waals surface area contributed by atoms with Gasteiger partial charge in [0.2, 0.25) is 0 Å². The Morgan fingerprint density at radius 2 is 1.94 bits per heavy atom. The van der Waals surface area contributed by atoms with E-state index in [-0.39, 0.29) is 16.4 Å². The standard InChI is InChI=1S/C26H24Cl2FN3O2/c1-15(23-19(27)4-5-20(29)24(23)28)33-22-13-18(14-32-25(22)30)17-3-2-16-6-7-26(34-21(16)12-17)8-10-31-11-9-26/h2-7,12-15,31H,8-11H2,1H3,(H2,30,32)/t15-/m1/s1. The second-order valence-electron chi connectivity index (χ2n) is 8.63. The van der Waals surface area contributed by atoms with E-state index in [4.69, 9.17) is 38.4 Å². The van der Waals surface area contributed by atoms with Crippen molar-refractivity contribution in [3.8, 4) is 22.6 Å². The number of halogens is 3. The minimum absolute atomic E-state index is 0.0746. The minimum atomic E-state index is -0.646. The van der Waals surface area contributed by atoms with Crippen LogP contribution in [0.25, 0.3) is 17.2 Å². The van der Waals surface area contributed by atoms with Gasteiger partial charge in [0, 0.05) is 40.8 Å². The molecule has 5 rings (SSSR count). The molecule has 3 heterocycles. The van der Waals surface area contributed by atoms with E-state index in [0.717, 1.165) is 48.4 Å². The van der Waals surface area contributed by atoms with Crippen molar-refractivity contribution in [2.75, 3.05) is 18.8 Å². The molecule has 0 amide bonds. The lowest BCUT2D eigenvalue weighted by Crippen LogP contribution is -2.45. The van der Waals surface area contributed by atoms with E-state index in [1.807, 2.05) is 18.2 Å². The maximum absolute atomic E-state index is 14.0. The average molecular weight is 500 g/mol. The Labute approximate surface area is 207 Å². The number of nitrogens with two attached hydrogens (primary N) is 1. The molecule has 2 aromatic carbocycles. The lowest BCUT2D eigenvalue weighted by molar-refractivity contribution is 0.0824. The molecule has 1 fully saturated rings. The second-order valence-corrected chi connectivity index (χ2v) is 9.41. The van der Waals surface area contributed by atoms with E-state index in [1.165, 1.54) is 12.1 Å². The molecule has 0 radical (unpaired) electrons. The van der Waals surface area contributed by atoms with Crippen LogP contribution in [-0.4, -0.2) is 23.7 Å². The molecule has 2 aliphatic heterocycles. The molecule has 5 nitrogen and oxygen atoms in total. The average Bonchev–Trinajstić information content (AvgIpc) is 2.83. The summed E-state index contributed by atoms with van der Waals surface area (Å²) in [6, 6.07) is 10.5. The summed E-state index contributed by atoms with van der Waals surface area (Å²) in [5.74, 6) is 0.846. The van der Waals surface area contributed by atoms with Crippen molar-refractivity contribution in [1.29, 1.82) is 0 Å². The Hall–Kier alpha value is -2.80. The van der Waals surface area contributed by atoms with E-state index in [0.29, 0.717) is 16.3 Å². The number of nitrogen functional groups attached to an aromatic ring is 1. The van der Waals surface area contributed by atoms with Crippen molar-refractivity contribution < 1.29 is 13.9 Å². The van der Waals surface area contributed by atoms with Crippen LogP contribution in [0, 0.1) is 5.82 Å². The molecule has 2 aliphatic rings. The molecule has 1 aromatic heterocycles. The number of anilines is 1. The third-order valence-electron chi connectivity index (χ3n) is 6.35. The first-order chi connectivity index (χ1) is 16.3. The molecule has 0 saturated carbocycles. The molecule has 1 saturated heterocycles. The van der Waals surface area contributed by atoms with Gasteiger partial charge < -0.3 is 20.5 Å². The van der Waals surface area contributed by atoms with Crippen LogP contribution in [0.1, 0.15) is 37.0 Å². The molecule has 0 bridgehead atoms. The van der Waals surface area contributed by atoms with Crippen LogP contribution < -0.4 is 20.5 Å². The Kier molecular flexibility index (Phi) is 6.15. The third-order valence-corrected chi connectivity index (χ3v) is 7.06. The van der Waals surface area contributed by atoms with Crippen molar-refractivity contribution in [1.82, 2.24) is 10.3 Å². The van der Waals surface area contributed by atoms with Gasteiger partial charge in [0.15, 0.2) is 11.6 Å². The first-order valence-electron chi connectivity index (χ1n) is 11.1. The quantitative estimate of drug-likeness (QED) is 0.404. The number of ether oxygens (including phenoxy) is 2. The normalized spacial score (nSPS) is 17.2. The second kappa shape index (κ2) is 9.10. The number of hydrogen-bond donors (Lipinski definition) is 2. The summed E-state index contributed by atoms with van der Waals surface area (Å²) >= 11 is 12.4. The molecule has 34 heavy (non-hydrogen) atoms. The van der Waals surface area contributed by atoms with Crippen LogP contribution in [0.2, 0.25) is 10.0 Å². The number of rotatable bonds is 4. The zero-order valence-electron chi connectivity index (χ0n) is 18.6. The summed E-state index contributed by atoms with van der Waals surface area (Å²) in [5.41, 5.74) is 8.96. The molecule has 3 aromatic rings. The highest BCUT2D eigenvalue weighted by Crippen LogP contribution is 2.40. The van der Waals surface area contributed by atoms with Gasteiger partial charge in [0.05, 0.1) is 5.02 Å². The molecule has 1 atom stereocenters. The van der Waals surface area contributed by atoms with Gasteiger partial charge in [-0.3, -0.25) is 0 Å². The highest BCUT2D eigenvalue weighted by Gasteiger charge is 2.34. The fourth-order valence-corrected chi connectivity index (χ4v) is 5.10. The summed E-state index contributed by atoms with van der Waals surface area (Å²) in [7, 11) is 0. The maximum atomic E-state index is 14.0. The number of benzene rings is 2. The SMILES string of the molecule is C[C@@H](Oc1cc(-c2ccc3c(c2)OC2(C=C3)CCNCC2)cnc1N)c1c(Cl)ccc(F)c1Cl. The van der Waals surface area contributed by atoms with E-state index >= 15 is 0 Å². The zero-order valence-corrected chi connectivity index (χ0v) is 20.1. The van der Waals surface area contributed by atoms with Crippen molar-refractivity contribution in [2.24, 2.45) is 0 Å². The van der Waals surface area contributed by atoms with E-state index in [9.17, 15) is 4.39 Å². The monoisotopic (exact) mass is 499 g/mol. The number of pyridine rings is 1. The van der Waals surface area contributed by atoms with Gasteiger partial charge in [-0.25, -0.2) is 9.37 Å². The van der Waals surface area contributed by atoms with Gasteiger partial charge in [0.1, 0.15) is 23.3 Å². The maximum Gasteiger partial charge on any atom is 0.166 e. The fourth-order valence-electron chi connectivity index (χ4n) is 4.43. The van der Waals surface area contributed by atoms with E-state index in [1.54, 1.807) is 19.2 Å². The summed E-state index contributed by atoms with van der Waals surface area (Å²) in [4.78, 5) is 4.31. The largest absolute Gasteiger partial charge is 0.482 e. The van der Waals surface area contributed by atoms with Crippen LogP contribution >= 0.6 is 23.2 Å². The number of hydrogen-bond acceptors (Lipinski definition) is 5. The summed E-state index contributed by atoms with van der Waals surface area (Å²) < 4.78 is 26.5. The van der Waals surface area contributed by atoms with Crippen LogP contribution in [0.3, 0.4) is 0 Å². The van der Waals surface area contributed by atoms with Crippen LogP contribution in [-0.2, 0) is 0 Å². The van der Waals surface area contributed by atoms with Gasteiger partial charge in [-0.1, -0.05) is 41.4 Å². The fraction of sp³-hybridized carbons (Fsp3) is 0.269. The van der Waals surface area contributed by atoms with Crippen LogP contribution in [0.4, 0.5) is 10.2 Å². The molecular weight excluding hydrogens is 476 g/mol. The van der Waals surface area contributed by atoms with Gasteiger partial charge >= 0.3 is 0 Å². The van der Waals surface area contributed by atoms with Gasteiger partial charge in [-0.15, -0.1) is 0 Å². The summed E-state index contributed by atoms with van der Waals surface area (Å²) in [6.07, 6.45) is 7.21.